The van der Waals surface area contributed by atoms with Crippen LogP contribution in [0, 0.1) is 0 Å². The number of carbonyl (C=O) groups excluding carboxylic acids is 1. The highest BCUT2D eigenvalue weighted by molar-refractivity contribution is 6.00. The molecule has 0 aliphatic heterocycles. The number of hydrogen-bond acceptors (Lipinski definition) is 4. The van der Waals surface area contributed by atoms with Crippen LogP contribution < -0.4 is 5.32 Å². The fourth-order valence-electron chi connectivity index (χ4n) is 3.38. The molecule has 4 aromatic rings. The summed E-state index contributed by atoms with van der Waals surface area (Å²) in [5, 5.41) is 21.6. The number of aromatic nitrogens is 3. The zero-order valence-electron chi connectivity index (χ0n) is 17.2. The van der Waals surface area contributed by atoms with Gasteiger partial charge < -0.3 is 24.7 Å². The molecule has 0 spiro atoms. The summed E-state index contributed by atoms with van der Waals surface area (Å²) in [7, 11) is 0. The topological polar surface area (TPSA) is 109 Å². The molecular weight excluding hydrogens is 408 g/mol. The molecule has 0 aliphatic carbocycles. The second-order valence-corrected chi connectivity index (χ2v) is 7.39. The number of carboxylic acids is 1. The van der Waals surface area contributed by atoms with Gasteiger partial charge in [-0.2, -0.15) is 0 Å². The Labute approximate surface area is 184 Å². The molecule has 0 radical (unpaired) electrons. The Kier molecular flexibility index (Phi) is 6.03. The molecule has 3 N–H and O–H groups in total. The van der Waals surface area contributed by atoms with E-state index in [9.17, 15) is 19.8 Å². The Hall–Kier alpha value is -4.33. The molecule has 0 saturated carbocycles. The van der Waals surface area contributed by atoms with Crippen LogP contribution >= 0.6 is 0 Å². The van der Waals surface area contributed by atoms with E-state index in [-0.39, 0.29) is 29.3 Å². The molecule has 0 fully saturated rings. The number of phenolic OH excluding ortho intramolecular Hbond substituents is 1. The van der Waals surface area contributed by atoms with Crippen molar-refractivity contribution in [3.05, 3.63) is 96.3 Å². The lowest BCUT2D eigenvalue weighted by Crippen LogP contribution is -2.14. The molecule has 0 unspecified atom stereocenters. The van der Waals surface area contributed by atoms with Crippen LogP contribution in [0.3, 0.4) is 0 Å². The Morgan fingerprint density at radius 2 is 1.72 bits per heavy atom. The van der Waals surface area contributed by atoms with Crippen molar-refractivity contribution in [1.82, 2.24) is 14.1 Å². The Morgan fingerprint density at radius 1 is 0.969 bits per heavy atom. The number of rotatable bonds is 8. The van der Waals surface area contributed by atoms with E-state index in [4.69, 9.17) is 0 Å². The fraction of sp³-hybridized carbons (Fsp3) is 0.125. The van der Waals surface area contributed by atoms with Gasteiger partial charge in [0.05, 0.1) is 17.7 Å². The van der Waals surface area contributed by atoms with Crippen LogP contribution in [0.15, 0.2) is 79.5 Å². The van der Waals surface area contributed by atoms with E-state index < -0.39 is 5.97 Å². The van der Waals surface area contributed by atoms with Gasteiger partial charge in [0.1, 0.15) is 11.3 Å². The first-order chi connectivity index (χ1) is 15.5. The van der Waals surface area contributed by atoms with E-state index in [1.807, 2.05) is 36.5 Å². The van der Waals surface area contributed by atoms with E-state index in [1.54, 1.807) is 45.9 Å². The summed E-state index contributed by atoms with van der Waals surface area (Å²) in [6.45, 7) is 0.506. The molecule has 8 heteroatoms. The summed E-state index contributed by atoms with van der Waals surface area (Å²) in [6.07, 6.45) is 7.18. The number of anilines is 1. The van der Waals surface area contributed by atoms with Gasteiger partial charge in [-0.25, -0.2) is 9.78 Å². The Bertz CT molecular complexity index is 1230. The van der Waals surface area contributed by atoms with Crippen molar-refractivity contribution in [2.45, 2.75) is 19.4 Å². The third-order valence-electron chi connectivity index (χ3n) is 4.98. The third-order valence-corrected chi connectivity index (χ3v) is 4.98. The molecule has 2 heterocycles. The maximum Gasteiger partial charge on any atom is 0.339 e. The fourth-order valence-corrected chi connectivity index (χ4v) is 3.38. The minimum absolute atomic E-state index is 0.0471. The SMILES string of the molecule is O=C(CCc1cn(-c2ccc(O)cc2)cn1)Nc1cn(Cc2ccccc2)cc1C(=O)O. The van der Waals surface area contributed by atoms with Crippen molar-refractivity contribution in [2.75, 3.05) is 5.32 Å². The minimum Gasteiger partial charge on any atom is -0.508 e. The van der Waals surface area contributed by atoms with Crippen molar-refractivity contribution in [2.24, 2.45) is 0 Å². The molecule has 2 aromatic carbocycles. The highest BCUT2D eigenvalue weighted by Crippen LogP contribution is 2.19. The maximum atomic E-state index is 12.5. The van der Waals surface area contributed by atoms with E-state index in [0.29, 0.717) is 13.0 Å². The number of carboxylic acid groups (broad SMARTS) is 1. The van der Waals surface area contributed by atoms with Gasteiger partial charge in [-0.05, 0) is 36.2 Å². The Morgan fingerprint density at radius 3 is 2.44 bits per heavy atom. The highest BCUT2D eigenvalue weighted by atomic mass is 16.4. The summed E-state index contributed by atoms with van der Waals surface area (Å²) in [6, 6.07) is 16.4. The molecule has 0 saturated heterocycles. The lowest BCUT2D eigenvalue weighted by atomic mass is 10.2. The van der Waals surface area contributed by atoms with Crippen LogP contribution in [0.4, 0.5) is 5.69 Å². The number of amides is 1. The van der Waals surface area contributed by atoms with E-state index in [0.717, 1.165) is 16.9 Å². The van der Waals surface area contributed by atoms with Gasteiger partial charge in [-0.1, -0.05) is 30.3 Å². The largest absolute Gasteiger partial charge is 0.508 e. The van der Waals surface area contributed by atoms with Gasteiger partial charge in [-0.15, -0.1) is 0 Å². The predicted molar refractivity (Wildman–Crippen MR) is 119 cm³/mol. The molecule has 32 heavy (non-hydrogen) atoms. The van der Waals surface area contributed by atoms with Crippen LogP contribution in [-0.2, 0) is 17.8 Å². The zero-order valence-corrected chi connectivity index (χ0v) is 17.2. The number of nitrogens with one attached hydrogen (secondary N) is 1. The number of aryl methyl sites for hydroxylation is 1. The summed E-state index contributed by atoms with van der Waals surface area (Å²) < 4.78 is 3.55. The van der Waals surface area contributed by atoms with E-state index >= 15 is 0 Å². The van der Waals surface area contributed by atoms with Crippen LogP contribution in [0.2, 0.25) is 0 Å². The number of hydrogen-bond donors (Lipinski definition) is 3. The molecule has 4 rings (SSSR count). The zero-order chi connectivity index (χ0) is 22.5. The van der Waals surface area contributed by atoms with Crippen LogP contribution in [0.25, 0.3) is 5.69 Å². The molecule has 1 amide bonds. The number of nitrogens with zero attached hydrogens (tertiary/aromatic N) is 3. The summed E-state index contributed by atoms with van der Waals surface area (Å²) in [4.78, 5) is 28.4. The minimum atomic E-state index is -1.10. The highest BCUT2D eigenvalue weighted by Gasteiger charge is 2.16. The molecule has 162 valence electrons. The molecule has 0 atom stereocenters. The van der Waals surface area contributed by atoms with Gasteiger partial charge in [0, 0.05) is 37.2 Å². The number of imidazole rings is 1. The second kappa shape index (κ2) is 9.22. The summed E-state index contributed by atoms with van der Waals surface area (Å²) in [5.74, 6) is -1.20. The monoisotopic (exact) mass is 430 g/mol. The smallest absolute Gasteiger partial charge is 0.339 e. The quantitative estimate of drug-likeness (QED) is 0.395. The molecule has 0 aliphatic rings. The van der Waals surface area contributed by atoms with Crippen LogP contribution in [0.5, 0.6) is 5.75 Å². The van der Waals surface area contributed by atoms with Crippen molar-refractivity contribution in [1.29, 1.82) is 0 Å². The van der Waals surface area contributed by atoms with Gasteiger partial charge >= 0.3 is 5.97 Å². The molecule has 0 bridgehead atoms. The standard InChI is InChI=1S/C24H22N4O4/c29-20-9-7-19(8-10-20)28-13-18(25-16-28)6-11-23(30)26-22-15-27(14-21(22)24(31)32)12-17-4-2-1-3-5-17/h1-5,7-10,13-16,29H,6,11-12H2,(H,26,30)(H,31,32). The summed E-state index contributed by atoms with van der Waals surface area (Å²) in [5.41, 5.74) is 2.92. The van der Waals surface area contributed by atoms with Crippen molar-refractivity contribution in [3.63, 3.8) is 0 Å². The normalized spacial score (nSPS) is 10.8. The lowest BCUT2D eigenvalue weighted by molar-refractivity contribution is -0.116. The van der Waals surface area contributed by atoms with Gasteiger partial charge in [0.2, 0.25) is 5.91 Å². The van der Waals surface area contributed by atoms with Gasteiger partial charge in [0.15, 0.2) is 0 Å². The number of aromatic hydroxyl groups is 1. The first-order valence-corrected chi connectivity index (χ1v) is 10.1. The summed E-state index contributed by atoms with van der Waals surface area (Å²) >= 11 is 0. The van der Waals surface area contributed by atoms with Crippen molar-refractivity contribution >= 4 is 17.6 Å². The second-order valence-electron chi connectivity index (χ2n) is 7.39. The van der Waals surface area contributed by atoms with E-state index in [2.05, 4.69) is 10.3 Å². The number of aromatic carboxylic acids is 1. The maximum absolute atomic E-state index is 12.5. The van der Waals surface area contributed by atoms with Crippen molar-refractivity contribution < 1.29 is 19.8 Å². The average Bonchev–Trinajstić information content (AvgIpc) is 3.41. The van der Waals surface area contributed by atoms with Crippen LogP contribution in [-0.4, -0.2) is 36.2 Å². The van der Waals surface area contributed by atoms with E-state index in [1.165, 1.54) is 6.20 Å². The number of benzene rings is 2. The Balaban J connectivity index is 1.38. The number of phenols is 1. The molecule has 2 aromatic heterocycles. The van der Waals surface area contributed by atoms with Gasteiger partial charge in [-0.3, -0.25) is 4.79 Å². The molecule has 8 nitrogen and oxygen atoms in total. The van der Waals surface area contributed by atoms with Crippen molar-refractivity contribution in [3.8, 4) is 11.4 Å². The molecular formula is C24H22N4O4. The first-order valence-electron chi connectivity index (χ1n) is 10.1. The van der Waals surface area contributed by atoms with Gasteiger partial charge in [0.25, 0.3) is 0 Å². The third kappa shape index (κ3) is 5.04. The first kappa shape index (κ1) is 20.9. The predicted octanol–water partition coefficient (Wildman–Crippen LogP) is 3.70. The number of carbonyl (C=O) groups is 2. The average molecular weight is 430 g/mol. The van der Waals surface area contributed by atoms with Crippen LogP contribution in [0.1, 0.15) is 28.0 Å². The lowest BCUT2D eigenvalue weighted by Gasteiger charge is -2.04.